The van der Waals surface area contributed by atoms with Crippen molar-refractivity contribution in [2.45, 2.75) is 0 Å². The van der Waals surface area contributed by atoms with Gasteiger partial charge in [-0.15, -0.1) is 5.10 Å². The fourth-order valence-electron chi connectivity index (χ4n) is 1.34. The Morgan fingerprint density at radius 2 is 2.26 bits per heavy atom. The van der Waals surface area contributed by atoms with Gasteiger partial charge in [-0.3, -0.25) is 14.9 Å². The molecule has 0 atom stereocenters. The second-order valence-electron chi connectivity index (χ2n) is 3.38. The van der Waals surface area contributed by atoms with Crippen LogP contribution in [0.15, 0.2) is 18.3 Å². The summed E-state index contributed by atoms with van der Waals surface area (Å²) in [5, 5.41) is 16.8. The molecule has 0 saturated carbocycles. The molecule has 0 aliphatic heterocycles. The monoisotopic (exact) mass is 283 g/mol. The van der Waals surface area contributed by atoms with Crippen molar-refractivity contribution in [3.8, 4) is 0 Å². The van der Waals surface area contributed by atoms with E-state index in [0.29, 0.717) is 11.1 Å². The third-order valence-corrected chi connectivity index (χ3v) is 2.74. The maximum atomic E-state index is 13.2. The average molecular weight is 283 g/mol. The molecule has 0 saturated heterocycles. The summed E-state index contributed by atoms with van der Waals surface area (Å²) in [6.45, 7) is 0. The Balaban J connectivity index is 2.39. The Morgan fingerprint density at radius 1 is 1.53 bits per heavy atom. The fourth-order valence-corrected chi connectivity index (χ4v) is 1.76. The molecule has 0 aliphatic carbocycles. The minimum atomic E-state index is -0.923. The van der Waals surface area contributed by atoms with Crippen molar-refractivity contribution >= 4 is 33.8 Å². The molecule has 1 heterocycles. The number of nitro groups is 1. The molecule has 1 aromatic carbocycles. The highest BCUT2D eigenvalue weighted by Crippen LogP contribution is 2.27. The number of nitro benzene ring substituents is 1. The standard InChI is InChI=1S/C9H6FN5O3S/c10-4-1-5(8(11)6(2-4)15(17)18)9(16)13-7-3-12-14-19-7/h1-3H,11H2,(H,13,16). The van der Waals surface area contributed by atoms with Crippen LogP contribution in [0.2, 0.25) is 0 Å². The van der Waals surface area contributed by atoms with E-state index < -0.39 is 28.0 Å². The van der Waals surface area contributed by atoms with Crippen LogP contribution in [0.3, 0.4) is 0 Å². The van der Waals surface area contributed by atoms with Gasteiger partial charge in [-0.25, -0.2) is 4.39 Å². The van der Waals surface area contributed by atoms with E-state index in [1.165, 1.54) is 6.20 Å². The summed E-state index contributed by atoms with van der Waals surface area (Å²) in [6.07, 6.45) is 1.28. The predicted molar refractivity (Wildman–Crippen MR) is 65.3 cm³/mol. The van der Waals surface area contributed by atoms with Crippen LogP contribution in [-0.2, 0) is 0 Å². The van der Waals surface area contributed by atoms with Crippen LogP contribution in [0.25, 0.3) is 0 Å². The molecule has 19 heavy (non-hydrogen) atoms. The van der Waals surface area contributed by atoms with Crippen LogP contribution in [0, 0.1) is 15.9 Å². The van der Waals surface area contributed by atoms with Crippen molar-refractivity contribution in [3.63, 3.8) is 0 Å². The minimum absolute atomic E-state index is 0.316. The third kappa shape index (κ3) is 2.63. The number of amides is 1. The van der Waals surface area contributed by atoms with E-state index in [0.717, 1.165) is 17.6 Å². The molecule has 0 unspecified atom stereocenters. The maximum Gasteiger partial charge on any atom is 0.295 e. The van der Waals surface area contributed by atoms with Gasteiger partial charge < -0.3 is 11.1 Å². The van der Waals surface area contributed by atoms with E-state index in [1.54, 1.807) is 0 Å². The molecule has 0 radical (unpaired) electrons. The first-order valence-electron chi connectivity index (χ1n) is 4.81. The van der Waals surface area contributed by atoms with Crippen molar-refractivity contribution in [2.24, 2.45) is 0 Å². The number of carbonyl (C=O) groups is 1. The van der Waals surface area contributed by atoms with Crippen molar-refractivity contribution in [2.75, 3.05) is 11.1 Å². The van der Waals surface area contributed by atoms with Gasteiger partial charge in [0.15, 0.2) is 0 Å². The molecule has 0 spiro atoms. The van der Waals surface area contributed by atoms with Crippen LogP contribution in [0.4, 0.5) is 20.8 Å². The predicted octanol–water partition coefficient (Wildman–Crippen LogP) is 1.42. The number of nitrogens with two attached hydrogens (primary N) is 1. The number of rotatable bonds is 3. The quantitative estimate of drug-likeness (QED) is 0.498. The second kappa shape index (κ2) is 4.94. The number of hydrogen-bond donors (Lipinski definition) is 2. The molecule has 1 aromatic heterocycles. The molecule has 2 aromatic rings. The van der Waals surface area contributed by atoms with Crippen molar-refractivity contribution in [1.29, 1.82) is 0 Å². The summed E-state index contributed by atoms with van der Waals surface area (Å²) in [7, 11) is 0. The normalized spacial score (nSPS) is 10.2. The number of anilines is 2. The Morgan fingerprint density at radius 3 is 2.84 bits per heavy atom. The van der Waals surface area contributed by atoms with Crippen molar-refractivity contribution in [3.05, 3.63) is 39.8 Å². The lowest BCUT2D eigenvalue weighted by Crippen LogP contribution is -2.14. The summed E-state index contributed by atoms with van der Waals surface area (Å²) < 4.78 is 16.8. The van der Waals surface area contributed by atoms with E-state index >= 15 is 0 Å². The Bertz CT molecular complexity index is 646. The van der Waals surface area contributed by atoms with Gasteiger partial charge in [-0.2, -0.15) is 0 Å². The van der Waals surface area contributed by atoms with Crippen LogP contribution in [-0.4, -0.2) is 20.4 Å². The van der Waals surface area contributed by atoms with Gasteiger partial charge in [-0.1, -0.05) is 4.49 Å². The van der Waals surface area contributed by atoms with Gasteiger partial charge >= 0.3 is 0 Å². The van der Waals surface area contributed by atoms with Gasteiger partial charge in [0.1, 0.15) is 16.5 Å². The lowest BCUT2D eigenvalue weighted by Gasteiger charge is -2.06. The van der Waals surface area contributed by atoms with Crippen molar-refractivity contribution < 1.29 is 14.1 Å². The second-order valence-corrected chi connectivity index (χ2v) is 4.16. The number of aromatic nitrogens is 2. The molecule has 3 N–H and O–H groups in total. The molecule has 1 amide bonds. The minimum Gasteiger partial charge on any atom is -0.393 e. The zero-order valence-corrected chi connectivity index (χ0v) is 9.98. The van der Waals surface area contributed by atoms with Crippen LogP contribution < -0.4 is 11.1 Å². The van der Waals surface area contributed by atoms with Crippen LogP contribution in [0.5, 0.6) is 0 Å². The summed E-state index contributed by atoms with van der Waals surface area (Å²) in [4.78, 5) is 21.6. The number of benzene rings is 1. The topological polar surface area (TPSA) is 124 Å². The summed E-state index contributed by atoms with van der Waals surface area (Å²) in [5.74, 6) is -1.69. The van der Waals surface area contributed by atoms with Crippen molar-refractivity contribution in [1.82, 2.24) is 9.59 Å². The summed E-state index contributed by atoms with van der Waals surface area (Å²) in [5.41, 5.74) is 4.11. The highest BCUT2D eigenvalue weighted by molar-refractivity contribution is 7.10. The number of nitrogen functional groups attached to an aromatic ring is 1. The lowest BCUT2D eigenvalue weighted by molar-refractivity contribution is -0.384. The number of nitrogens with one attached hydrogen (secondary N) is 1. The molecule has 10 heteroatoms. The molecule has 8 nitrogen and oxygen atoms in total. The molecule has 2 rings (SSSR count). The number of hydrogen-bond acceptors (Lipinski definition) is 7. The highest BCUT2D eigenvalue weighted by atomic mass is 32.1. The third-order valence-electron chi connectivity index (χ3n) is 2.16. The fraction of sp³-hybridized carbons (Fsp3) is 0. The number of carbonyl (C=O) groups excluding carboxylic acids is 1. The van der Waals surface area contributed by atoms with Gasteiger partial charge in [0, 0.05) is 11.5 Å². The molecule has 0 fully saturated rings. The molecular formula is C9H6FN5O3S. The lowest BCUT2D eigenvalue weighted by atomic mass is 10.1. The van der Waals surface area contributed by atoms with E-state index in [4.69, 9.17) is 5.73 Å². The molecular weight excluding hydrogens is 277 g/mol. The Hall–Kier alpha value is -2.62. The van der Waals surface area contributed by atoms with Gasteiger partial charge in [0.2, 0.25) is 0 Å². The SMILES string of the molecule is Nc1c(C(=O)Nc2cnns2)cc(F)cc1[N+](=O)[O-]. The average Bonchev–Trinajstić information content (AvgIpc) is 2.84. The van der Waals surface area contributed by atoms with Gasteiger partial charge in [0.05, 0.1) is 22.7 Å². The number of nitrogens with zero attached hydrogens (tertiary/aromatic N) is 3. The van der Waals surface area contributed by atoms with E-state index in [1.807, 2.05) is 0 Å². The Labute approximate surface area is 109 Å². The maximum absolute atomic E-state index is 13.2. The zero-order valence-electron chi connectivity index (χ0n) is 9.16. The Kier molecular flexibility index (Phi) is 3.33. The number of halogens is 1. The largest absolute Gasteiger partial charge is 0.393 e. The molecule has 0 aliphatic rings. The first-order chi connectivity index (χ1) is 8.99. The first kappa shape index (κ1) is 12.8. The van der Waals surface area contributed by atoms with Gasteiger partial charge in [0.25, 0.3) is 11.6 Å². The van der Waals surface area contributed by atoms with E-state index in [-0.39, 0.29) is 5.56 Å². The highest BCUT2D eigenvalue weighted by Gasteiger charge is 2.22. The summed E-state index contributed by atoms with van der Waals surface area (Å²) in [6, 6.07) is 1.48. The molecule has 98 valence electrons. The summed E-state index contributed by atoms with van der Waals surface area (Å²) >= 11 is 0.905. The van der Waals surface area contributed by atoms with E-state index in [2.05, 4.69) is 14.9 Å². The zero-order chi connectivity index (χ0) is 14.0. The molecule has 0 bridgehead atoms. The van der Waals surface area contributed by atoms with E-state index in [9.17, 15) is 19.3 Å². The van der Waals surface area contributed by atoms with Gasteiger partial charge in [-0.05, 0) is 6.07 Å². The first-order valence-corrected chi connectivity index (χ1v) is 5.58. The van der Waals surface area contributed by atoms with Crippen LogP contribution >= 0.6 is 11.5 Å². The smallest absolute Gasteiger partial charge is 0.295 e. The van der Waals surface area contributed by atoms with Crippen LogP contribution in [0.1, 0.15) is 10.4 Å².